The zero-order valence-electron chi connectivity index (χ0n) is 13.8. The number of halogens is 1. The average Bonchev–Trinajstić information content (AvgIpc) is 3.40. The van der Waals surface area contributed by atoms with Crippen LogP contribution in [0.15, 0.2) is 18.2 Å². The van der Waals surface area contributed by atoms with Gasteiger partial charge in [0.1, 0.15) is 11.2 Å². The minimum Gasteiger partial charge on any atom is -0.480 e. The Hall–Kier alpha value is -2.44. The molecular weight excluding hydrogens is 327 g/mol. The van der Waals surface area contributed by atoms with Crippen molar-refractivity contribution in [1.29, 1.82) is 0 Å². The van der Waals surface area contributed by atoms with Crippen LogP contribution in [0.1, 0.15) is 44.9 Å². The Morgan fingerprint density at radius 2 is 1.76 bits per heavy atom. The Balaban J connectivity index is 1.69. The van der Waals surface area contributed by atoms with E-state index in [1.165, 1.54) is 12.1 Å². The summed E-state index contributed by atoms with van der Waals surface area (Å²) >= 11 is 0. The van der Waals surface area contributed by atoms with Crippen LogP contribution in [0.4, 0.5) is 15.8 Å². The van der Waals surface area contributed by atoms with Crippen LogP contribution in [0.25, 0.3) is 0 Å². The molecule has 134 valence electrons. The molecule has 1 aromatic rings. The average molecular weight is 348 g/mol. The Kier molecular flexibility index (Phi) is 4.74. The van der Waals surface area contributed by atoms with Crippen molar-refractivity contribution in [2.75, 3.05) is 10.6 Å². The normalized spacial score (nSPS) is 19.1. The fraction of sp³-hybridized carbons (Fsp3) is 0.500. The lowest BCUT2D eigenvalue weighted by Crippen LogP contribution is -2.31. The molecule has 1 aromatic carbocycles. The number of anilines is 2. The molecule has 7 heteroatoms. The van der Waals surface area contributed by atoms with E-state index in [2.05, 4.69) is 10.6 Å². The lowest BCUT2D eigenvalue weighted by Gasteiger charge is -2.21. The molecule has 3 rings (SSSR count). The summed E-state index contributed by atoms with van der Waals surface area (Å²) in [5.41, 5.74) is -1.12. The van der Waals surface area contributed by atoms with Gasteiger partial charge in [-0.15, -0.1) is 0 Å². The Morgan fingerprint density at radius 1 is 1.08 bits per heavy atom. The Morgan fingerprint density at radius 3 is 2.36 bits per heavy atom. The van der Waals surface area contributed by atoms with Crippen molar-refractivity contribution in [2.24, 2.45) is 11.3 Å². The highest BCUT2D eigenvalue weighted by atomic mass is 19.1. The van der Waals surface area contributed by atoms with Crippen molar-refractivity contribution in [3.63, 3.8) is 0 Å². The van der Waals surface area contributed by atoms with Gasteiger partial charge in [0.25, 0.3) is 0 Å². The number of benzene rings is 1. The van der Waals surface area contributed by atoms with Crippen LogP contribution in [0, 0.1) is 17.2 Å². The molecule has 0 bridgehead atoms. The number of aliphatic carboxylic acids is 1. The van der Waals surface area contributed by atoms with Gasteiger partial charge >= 0.3 is 5.97 Å². The van der Waals surface area contributed by atoms with Gasteiger partial charge in [0.15, 0.2) is 0 Å². The third kappa shape index (κ3) is 3.65. The quantitative estimate of drug-likeness (QED) is 0.712. The van der Waals surface area contributed by atoms with E-state index in [0.29, 0.717) is 12.8 Å². The Bertz CT molecular complexity index is 709. The van der Waals surface area contributed by atoms with Crippen LogP contribution in [0.2, 0.25) is 0 Å². The van der Waals surface area contributed by atoms with Gasteiger partial charge in [0.2, 0.25) is 11.8 Å². The monoisotopic (exact) mass is 348 g/mol. The number of carboxylic acids is 1. The van der Waals surface area contributed by atoms with Crippen LogP contribution < -0.4 is 10.6 Å². The fourth-order valence-electron chi connectivity index (χ4n) is 3.21. The summed E-state index contributed by atoms with van der Waals surface area (Å²) in [7, 11) is 0. The first-order valence-electron chi connectivity index (χ1n) is 8.58. The number of amides is 2. The maximum Gasteiger partial charge on any atom is 0.319 e. The number of rotatable bonds is 5. The molecule has 6 nitrogen and oxygen atoms in total. The molecule has 0 atom stereocenters. The molecule has 2 aliphatic carbocycles. The molecule has 0 aromatic heterocycles. The first-order chi connectivity index (χ1) is 11.9. The molecule has 2 fully saturated rings. The molecule has 0 spiro atoms. The SMILES string of the molecule is O=C(Nc1cc(NC(=O)C2(C(=O)O)CC2)ccc1F)C1CCCCC1. The molecule has 0 saturated heterocycles. The lowest BCUT2D eigenvalue weighted by molar-refractivity contribution is -0.147. The third-order valence-corrected chi connectivity index (χ3v) is 5.05. The maximum atomic E-state index is 14.0. The molecular formula is C18H21FN2O4. The van der Waals surface area contributed by atoms with Crippen molar-refractivity contribution in [3.8, 4) is 0 Å². The second-order valence-electron chi connectivity index (χ2n) is 6.86. The van der Waals surface area contributed by atoms with Crippen molar-refractivity contribution in [3.05, 3.63) is 24.0 Å². The highest BCUT2D eigenvalue weighted by molar-refractivity contribution is 6.11. The predicted octanol–water partition coefficient (Wildman–Crippen LogP) is 3.15. The minimum atomic E-state index is -1.38. The number of carbonyl (C=O) groups excluding carboxylic acids is 2. The first kappa shape index (κ1) is 17.4. The third-order valence-electron chi connectivity index (χ3n) is 5.05. The van der Waals surface area contributed by atoms with Crippen LogP contribution in [0.3, 0.4) is 0 Å². The zero-order chi connectivity index (χ0) is 18.0. The van der Waals surface area contributed by atoms with Gasteiger partial charge in [-0.3, -0.25) is 14.4 Å². The van der Waals surface area contributed by atoms with Gasteiger partial charge in [-0.2, -0.15) is 0 Å². The van der Waals surface area contributed by atoms with Crippen molar-refractivity contribution in [2.45, 2.75) is 44.9 Å². The molecule has 0 unspecified atom stereocenters. The summed E-state index contributed by atoms with van der Waals surface area (Å²) in [6.07, 6.45) is 5.28. The number of carboxylic acid groups (broad SMARTS) is 1. The largest absolute Gasteiger partial charge is 0.480 e. The van der Waals surface area contributed by atoms with Gasteiger partial charge in [0, 0.05) is 11.6 Å². The molecule has 0 aliphatic heterocycles. The summed E-state index contributed by atoms with van der Waals surface area (Å²) in [5, 5.41) is 14.2. The van der Waals surface area contributed by atoms with Crippen LogP contribution in [0.5, 0.6) is 0 Å². The van der Waals surface area contributed by atoms with E-state index >= 15 is 0 Å². The maximum absolute atomic E-state index is 14.0. The topological polar surface area (TPSA) is 95.5 Å². The van der Waals surface area contributed by atoms with Crippen molar-refractivity contribution in [1.82, 2.24) is 0 Å². The predicted molar refractivity (Wildman–Crippen MR) is 89.5 cm³/mol. The second kappa shape index (κ2) is 6.82. The summed E-state index contributed by atoms with van der Waals surface area (Å²) in [5.74, 6) is -2.70. The Labute approximate surface area is 144 Å². The number of hydrogen-bond donors (Lipinski definition) is 3. The van der Waals surface area contributed by atoms with E-state index in [0.717, 1.165) is 38.2 Å². The van der Waals surface area contributed by atoms with E-state index in [4.69, 9.17) is 5.11 Å². The van der Waals surface area contributed by atoms with Crippen LogP contribution in [-0.2, 0) is 14.4 Å². The molecule has 0 heterocycles. The summed E-state index contributed by atoms with van der Waals surface area (Å²) in [6, 6.07) is 3.82. The van der Waals surface area contributed by atoms with Gasteiger partial charge in [-0.25, -0.2) is 4.39 Å². The highest BCUT2D eigenvalue weighted by Crippen LogP contribution is 2.46. The van der Waals surface area contributed by atoms with E-state index in [-0.39, 0.29) is 23.2 Å². The van der Waals surface area contributed by atoms with Gasteiger partial charge in [-0.05, 0) is 43.9 Å². The molecule has 3 N–H and O–H groups in total. The second-order valence-corrected chi connectivity index (χ2v) is 6.86. The van der Waals surface area contributed by atoms with E-state index in [9.17, 15) is 18.8 Å². The molecule has 0 radical (unpaired) electrons. The molecule has 25 heavy (non-hydrogen) atoms. The van der Waals surface area contributed by atoms with E-state index in [1.54, 1.807) is 0 Å². The highest BCUT2D eigenvalue weighted by Gasteiger charge is 2.57. The van der Waals surface area contributed by atoms with E-state index < -0.39 is 23.1 Å². The first-order valence-corrected chi connectivity index (χ1v) is 8.58. The van der Waals surface area contributed by atoms with Crippen LogP contribution >= 0.6 is 0 Å². The lowest BCUT2D eigenvalue weighted by atomic mass is 9.88. The summed E-state index contributed by atoms with van der Waals surface area (Å²) in [6.45, 7) is 0. The van der Waals surface area contributed by atoms with Gasteiger partial charge < -0.3 is 15.7 Å². The number of carbonyl (C=O) groups is 3. The fourth-order valence-corrected chi connectivity index (χ4v) is 3.21. The molecule has 2 saturated carbocycles. The van der Waals surface area contributed by atoms with Crippen LogP contribution in [-0.4, -0.2) is 22.9 Å². The zero-order valence-corrected chi connectivity index (χ0v) is 13.8. The number of nitrogens with one attached hydrogen (secondary N) is 2. The van der Waals surface area contributed by atoms with Crippen molar-refractivity contribution < 1.29 is 23.9 Å². The van der Waals surface area contributed by atoms with Crippen molar-refractivity contribution >= 4 is 29.2 Å². The molecule has 2 amide bonds. The van der Waals surface area contributed by atoms with Gasteiger partial charge in [-0.1, -0.05) is 19.3 Å². The molecule has 2 aliphatic rings. The summed E-state index contributed by atoms with van der Waals surface area (Å²) in [4.78, 5) is 35.6. The smallest absolute Gasteiger partial charge is 0.319 e. The summed E-state index contributed by atoms with van der Waals surface area (Å²) < 4.78 is 14.0. The standard InChI is InChI=1S/C18H21FN2O4/c19-13-7-6-12(20-16(23)18(8-9-18)17(24)25)10-14(13)21-15(22)11-4-2-1-3-5-11/h6-7,10-11H,1-5,8-9H2,(H,20,23)(H,21,22)(H,24,25). The number of hydrogen-bond acceptors (Lipinski definition) is 3. The minimum absolute atomic E-state index is 0.00598. The van der Waals surface area contributed by atoms with E-state index in [1.807, 2.05) is 0 Å². The van der Waals surface area contributed by atoms with Gasteiger partial charge in [0.05, 0.1) is 5.69 Å².